The Labute approximate surface area is 130 Å². The number of thiazole rings is 1. The summed E-state index contributed by atoms with van der Waals surface area (Å²) in [5.74, 6) is -0.248. The smallest absolute Gasteiger partial charge is 0.255 e. The van der Waals surface area contributed by atoms with Gasteiger partial charge in [-0.25, -0.2) is 9.37 Å². The number of hydrogen-bond acceptors (Lipinski definition) is 4. The van der Waals surface area contributed by atoms with Crippen LogP contribution in [-0.2, 0) is 6.54 Å². The van der Waals surface area contributed by atoms with Gasteiger partial charge in [-0.3, -0.25) is 9.36 Å². The average molecular weight is 315 g/mol. The van der Waals surface area contributed by atoms with E-state index in [1.54, 1.807) is 41.2 Å². The van der Waals surface area contributed by atoms with E-state index < -0.39 is 0 Å². The maximum Gasteiger partial charge on any atom is 0.255 e. The summed E-state index contributed by atoms with van der Waals surface area (Å²) in [5.41, 5.74) is 1.47. The van der Waals surface area contributed by atoms with Crippen molar-refractivity contribution in [1.29, 1.82) is 0 Å². The van der Waals surface area contributed by atoms with Gasteiger partial charge in [0.05, 0.1) is 6.20 Å². The summed E-state index contributed by atoms with van der Waals surface area (Å²) in [6.07, 6.45) is 3.41. The molecule has 0 atom stereocenters. The summed E-state index contributed by atoms with van der Waals surface area (Å²) in [7, 11) is 0. The summed E-state index contributed by atoms with van der Waals surface area (Å²) >= 11 is 1.35. The quantitative estimate of drug-likeness (QED) is 0.803. The molecule has 0 radical (unpaired) electrons. The van der Waals surface area contributed by atoms with E-state index in [2.05, 4.69) is 10.3 Å². The van der Waals surface area contributed by atoms with Gasteiger partial charge in [-0.1, -0.05) is 35.6 Å². The summed E-state index contributed by atoms with van der Waals surface area (Å²) in [4.78, 5) is 16.1. The number of halogens is 1. The highest BCUT2D eigenvalue weighted by Gasteiger charge is 2.07. The third-order valence-electron chi connectivity index (χ3n) is 3.18. The number of aryl methyl sites for hydroxylation is 1. The lowest BCUT2D eigenvalue weighted by Gasteiger charge is -2.04. The molecule has 1 N–H and O–H groups in total. The van der Waals surface area contributed by atoms with Crippen LogP contribution in [0.15, 0.2) is 53.6 Å². The molecule has 0 aliphatic carbocycles. The Hall–Kier alpha value is -2.47. The first-order valence-electron chi connectivity index (χ1n) is 6.76. The molecule has 2 heterocycles. The van der Waals surface area contributed by atoms with Crippen molar-refractivity contribution in [3.8, 4) is 5.00 Å². The van der Waals surface area contributed by atoms with Gasteiger partial charge in [0.15, 0.2) is 5.13 Å². The number of nitrogens with zero attached hydrogens (tertiary/aromatic N) is 2. The molecular weight excluding hydrogens is 301 g/mol. The van der Waals surface area contributed by atoms with Gasteiger partial charge < -0.3 is 5.32 Å². The first kappa shape index (κ1) is 14.5. The second-order valence-electron chi connectivity index (χ2n) is 4.86. The predicted molar refractivity (Wildman–Crippen MR) is 86.2 cm³/mol. The van der Waals surface area contributed by atoms with Gasteiger partial charge in [0.1, 0.15) is 10.8 Å². The number of nitrogens with one attached hydrogen (secondary N) is 1. The maximum absolute atomic E-state index is 13.6. The molecule has 22 heavy (non-hydrogen) atoms. The number of rotatable bonds is 4. The number of hydrogen-bond donors (Lipinski definition) is 1. The van der Waals surface area contributed by atoms with Crippen LogP contribution >= 0.6 is 11.3 Å². The predicted octanol–water partition coefficient (Wildman–Crippen LogP) is 3.35. The van der Waals surface area contributed by atoms with Crippen molar-refractivity contribution in [2.75, 3.05) is 5.32 Å². The van der Waals surface area contributed by atoms with Crippen LogP contribution in [0.1, 0.15) is 11.1 Å². The summed E-state index contributed by atoms with van der Waals surface area (Å²) in [6.45, 7) is 2.27. The van der Waals surface area contributed by atoms with Crippen molar-refractivity contribution in [2.45, 2.75) is 13.5 Å². The number of benzene rings is 1. The Morgan fingerprint density at radius 1 is 1.27 bits per heavy atom. The minimum atomic E-state index is -0.248. The Morgan fingerprint density at radius 2 is 2.09 bits per heavy atom. The molecule has 6 heteroatoms. The first-order chi connectivity index (χ1) is 10.6. The molecule has 0 bridgehead atoms. The molecule has 112 valence electrons. The summed E-state index contributed by atoms with van der Waals surface area (Å²) < 4.78 is 15.1. The molecular formula is C16H14FN3OS. The van der Waals surface area contributed by atoms with Gasteiger partial charge in [-0.2, -0.15) is 0 Å². The van der Waals surface area contributed by atoms with Gasteiger partial charge in [0.25, 0.3) is 5.56 Å². The minimum absolute atomic E-state index is 0.102. The van der Waals surface area contributed by atoms with Gasteiger partial charge >= 0.3 is 0 Å². The molecule has 0 aliphatic rings. The summed E-state index contributed by atoms with van der Waals surface area (Å²) in [6, 6.07) is 9.90. The monoisotopic (exact) mass is 315 g/mol. The van der Waals surface area contributed by atoms with E-state index in [9.17, 15) is 9.18 Å². The van der Waals surface area contributed by atoms with Crippen LogP contribution < -0.4 is 10.9 Å². The highest BCUT2D eigenvalue weighted by atomic mass is 32.1. The molecule has 2 aromatic heterocycles. The molecule has 3 aromatic rings. The largest absolute Gasteiger partial charge is 0.357 e. The molecule has 3 rings (SSSR count). The van der Waals surface area contributed by atoms with Crippen LogP contribution in [0.5, 0.6) is 0 Å². The van der Waals surface area contributed by atoms with Crippen molar-refractivity contribution in [2.24, 2.45) is 0 Å². The van der Waals surface area contributed by atoms with Crippen LogP contribution in [-0.4, -0.2) is 9.55 Å². The van der Waals surface area contributed by atoms with Gasteiger partial charge in [0, 0.05) is 24.4 Å². The fourth-order valence-corrected chi connectivity index (χ4v) is 2.83. The van der Waals surface area contributed by atoms with Crippen molar-refractivity contribution in [1.82, 2.24) is 9.55 Å². The Morgan fingerprint density at radius 3 is 2.91 bits per heavy atom. The van der Waals surface area contributed by atoms with Gasteiger partial charge in [-0.05, 0) is 18.6 Å². The fraction of sp³-hybridized carbons (Fsp3) is 0.125. The number of anilines is 1. The van der Waals surface area contributed by atoms with Crippen LogP contribution in [0.25, 0.3) is 5.00 Å². The Bertz CT molecular complexity index is 856. The lowest BCUT2D eigenvalue weighted by Crippen LogP contribution is -2.15. The van der Waals surface area contributed by atoms with Crippen LogP contribution in [0, 0.1) is 12.7 Å². The SMILES string of the molecule is Cc1ccc(=O)n(-c2cnc(NCc3ccccc3F)s2)c1. The lowest BCUT2D eigenvalue weighted by atomic mass is 10.2. The minimum Gasteiger partial charge on any atom is -0.357 e. The zero-order chi connectivity index (χ0) is 15.5. The molecule has 1 aromatic carbocycles. The van der Waals surface area contributed by atoms with E-state index in [-0.39, 0.29) is 11.4 Å². The van der Waals surface area contributed by atoms with E-state index in [0.29, 0.717) is 17.2 Å². The number of aromatic nitrogens is 2. The molecule has 4 nitrogen and oxygen atoms in total. The highest BCUT2D eigenvalue weighted by molar-refractivity contribution is 7.17. The number of pyridine rings is 1. The topological polar surface area (TPSA) is 46.9 Å². The van der Waals surface area contributed by atoms with E-state index in [4.69, 9.17) is 0 Å². The third kappa shape index (κ3) is 3.07. The second-order valence-corrected chi connectivity index (χ2v) is 5.87. The average Bonchev–Trinajstić information content (AvgIpc) is 2.98. The van der Waals surface area contributed by atoms with Gasteiger partial charge in [-0.15, -0.1) is 0 Å². The summed E-state index contributed by atoms with van der Waals surface area (Å²) in [5, 5.41) is 4.45. The first-order valence-corrected chi connectivity index (χ1v) is 7.58. The van der Waals surface area contributed by atoms with E-state index in [0.717, 1.165) is 10.6 Å². The van der Waals surface area contributed by atoms with Crippen molar-refractivity contribution in [3.05, 3.63) is 76.1 Å². The fourth-order valence-electron chi connectivity index (χ4n) is 2.04. The molecule has 0 aliphatic heterocycles. The van der Waals surface area contributed by atoms with Crippen molar-refractivity contribution in [3.63, 3.8) is 0 Å². The molecule has 0 amide bonds. The Kier molecular flexibility index (Phi) is 4.02. The van der Waals surface area contributed by atoms with E-state index in [1.165, 1.54) is 23.5 Å². The second kappa shape index (κ2) is 6.11. The molecule has 0 unspecified atom stereocenters. The van der Waals surface area contributed by atoms with Gasteiger partial charge in [0.2, 0.25) is 0 Å². The zero-order valence-corrected chi connectivity index (χ0v) is 12.7. The van der Waals surface area contributed by atoms with Crippen molar-refractivity contribution >= 4 is 16.5 Å². The third-order valence-corrected chi connectivity index (χ3v) is 4.13. The Balaban J connectivity index is 1.78. The standard InChI is InChI=1S/C16H14FN3OS/c1-11-6-7-14(21)20(10-11)15-9-19-16(22-15)18-8-12-4-2-3-5-13(12)17/h2-7,9-10H,8H2,1H3,(H,18,19). The lowest BCUT2D eigenvalue weighted by molar-refractivity contribution is 0.613. The molecule has 0 saturated carbocycles. The molecule has 0 spiro atoms. The normalized spacial score (nSPS) is 10.6. The highest BCUT2D eigenvalue weighted by Crippen LogP contribution is 2.22. The molecule has 0 fully saturated rings. The van der Waals surface area contributed by atoms with Crippen LogP contribution in [0.2, 0.25) is 0 Å². The van der Waals surface area contributed by atoms with E-state index >= 15 is 0 Å². The van der Waals surface area contributed by atoms with Crippen LogP contribution in [0.4, 0.5) is 9.52 Å². The maximum atomic E-state index is 13.6. The van der Waals surface area contributed by atoms with E-state index in [1.807, 2.05) is 6.92 Å². The van der Waals surface area contributed by atoms with Crippen LogP contribution in [0.3, 0.4) is 0 Å². The molecule has 0 saturated heterocycles. The zero-order valence-electron chi connectivity index (χ0n) is 11.9. The van der Waals surface area contributed by atoms with Crippen molar-refractivity contribution < 1.29 is 4.39 Å².